The predicted molar refractivity (Wildman–Crippen MR) is 75.9 cm³/mol. The van der Waals surface area contributed by atoms with Crippen molar-refractivity contribution in [2.24, 2.45) is 5.84 Å². The first-order valence-electron chi connectivity index (χ1n) is 6.04. The van der Waals surface area contributed by atoms with Crippen LogP contribution in [0.15, 0.2) is 51.6 Å². The van der Waals surface area contributed by atoms with Gasteiger partial charge < -0.3 is 4.42 Å². The lowest BCUT2D eigenvalue weighted by Gasteiger charge is -2.13. The quantitative estimate of drug-likeness (QED) is 0.633. The molecular formula is C14H17BrN2O. The third-order valence-electron chi connectivity index (χ3n) is 2.96. The first kappa shape index (κ1) is 13.3. The van der Waals surface area contributed by atoms with Gasteiger partial charge in [0, 0.05) is 0 Å². The molecule has 0 aliphatic rings. The molecule has 0 aliphatic heterocycles. The average Bonchev–Trinajstić information content (AvgIpc) is 2.82. The molecule has 1 heterocycles. The summed E-state index contributed by atoms with van der Waals surface area (Å²) >= 11 is 3.46. The second-order valence-corrected chi connectivity index (χ2v) is 5.08. The topological polar surface area (TPSA) is 51.2 Å². The van der Waals surface area contributed by atoms with Crippen molar-refractivity contribution in [2.45, 2.75) is 25.3 Å². The highest BCUT2D eigenvalue weighted by Crippen LogP contribution is 2.27. The number of hydrazine groups is 1. The molecule has 1 unspecified atom stereocenters. The summed E-state index contributed by atoms with van der Waals surface area (Å²) in [6.07, 6.45) is 4.72. The normalized spacial score (nSPS) is 12.6. The van der Waals surface area contributed by atoms with Gasteiger partial charge in [-0.15, -0.1) is 0 Å². The molecule has 1 atom stereocenters. The number of aryl methyl sites for hydroxylation is 1. The van der Waals surface area contributed by atoms with Crippen molar-refractivity contribution in [1.29, 1.82) is 0 Å². The van der Waals surface area contributed by atoms with E-state index in [2.05, 4.69) is 45.6 Å². The van der Waals surface area contributed by atoms with E-state index in [1.807, 2.05) is 12.1 Å². The number of hydrogen-bond donors (Lipinski definition) is 2. The van der Waals surface area contributed by atoms with E-state index in [1.165, 1.54) is 5.56 Å². The monoisotopic (exact) mass is 308 g/mol. The number of halogens is 1. The number of rotatable bonds is 6. The van der Waals surface area contributed by atoms with Crippen molar-refractivity contribution in [3.05, 3.63) is 58.5 Å². The van der Waals surface area contributed by atoms with Crippen LogP contribution in [0.5, 0.6) is 0 Å². The molecule has 2 rings (SSSR count). The molecule has 96 valence electrons. The molecule has 0 spiro atoms. The smallest absolute Gasteiger partial charge is 0.136 e. The molecule has 2 aromatic rings. The van der Waals surface area contributed by atoms with Crippen LogP contribution in [0.1, 0.15) is 30.2 Å². The Morgan fingerprint density at radius 1 is 1.22 bits per heavy atom. The highest BCUT2D eigenvalue weighted by Gasteiger charge is 2.15. The van der Waals surface area contributed by atoms with E-state index in [0.717, 1.165) is 29.5 Å². The third kappa shape index (κ3) is 3.45. The molecule has 0 fully saturated rings. The van der Waals surface area contributed by atoms with Gasteiger partial charge in [-0.1, -0.05) is 30.3 Å². The van der Waals surface area contributed by atoms with Gasteiger partial charge in [-0.3, -0.25) is 5.84 Å². The van der Waals surface area contributed by atoms with Crippen LogP contribution in [-0.2, 0) is 6.42 Å². The fourth-order valence-electron chi connectivity index (χ4n) is 2.00. The number of nitrogens with one attached hydrogen (secondary N) is 1. The van der Waals surface area contributed by atoms with Crippen LogP contribution in [0.2, 0.25) is 0 Å². The van der Waals surface area contributed by atoms with E-state index in [4.69, 9.17) is 10.3 Å². The third-order valence-corrected chi connectivity index (χ3v) is 3.62. The van der Waals surface area contributed by atoms with Gasteiger partial charge in [0.2, 0.25) is 0 Å². The Morgan fingerprint density at radius 3 is 2.61 bits per heavy atom. The maximum Gasteiger partial charge on any atom is 0.136 e. The zero-order valence-corrected chi connectivity index (χ0v) is 11.7. The van der Waals surface area contributed by atoms with E-state index < -0.39 is 0 Å². The molecule has 1 aromatic carbocycles. The largest absolute Gasteiger partial charge is 0.466 e. The lowest BCUT2D eigenvalue weighted by Crippen LogP contribution is -2.28. The highest BCUT2D eigenvalue weighted by atomic mass is 79.9. The van der Waals surface area contributed by atoms with Crippen LogP contribution < -0.4 is 11.3 Å². The Balaban J connectivity index is 1.87. The predicted octanol–water partition coefficient (Wildman–Crippen LogP) is 3.57. The van der Waals surface area contributed by atoms with Crippen molar-refractivity contribution in [1.82, 2.24) is 5.43 Å². The van der Waals surface area contributed by atoms with Crippen LogP contribution in [-0.4, -0.2) is 0 Å². The second kappa shape index (κ2) is 6.73. The van der Waals surface area contributed by atoms with E-state index in [9.17, 15) is 0 Å². The molecule has 3 N–H and O–H groups in total. The molecule has 0 amide bonds. The standard InChI is InChI=1S/C14H17BrN2O/c15-12-9-10-18-14(12)13(17-16)8-4-7-11-5-2-1-3-6-11/h1-3,5-6,9-10,13,17H,4,7-8,16H2. The van der Waals surface area contributed by atoms with Crippen molar-refractivity contribution in [3.8, 4) is 0 Å². The summed E-state index contributed by atoms with van der Waals surface area (Å²) in [6.45, 7) is 0. The Labute approximate surface area is 115 Å². The summed E-state index contributed by atoms with van der Waals surface area (Å²) in [6, 6.07) is 12.4. The summed E-state index contributed by atoms with van der Waals surface area (Å²) < 4.78 is 6.39. The van der Waals surface area contributed by atoms with Gasteiger partial charge in [-0.05, 0) is 46.8 Å². The molecule has 0 saturated heterocycles. The Morgan fingerprint density at radius 2 is 2.00 bits per heavy atom. The van der Waals surface area contributed by atoms with Gasteiger partial charge in [0.15, 0.2) is 0 Å². The summed E-state index contributed by atoms with van der Waals surface area (Å²) in [7, 11) is 0. The minimum Gasteiger partial charge on any atom is -0.466 e. The van der Waals surface area contributed by atoms with Gasteiger partial charge in [0.1, 0.15) is 5.76 Å². The first-order chi connectivity index (χ1) is 8.81. The van der Waals surface area contributed by atoms with E-state index >= 15 is 0 Å². The summed E-state index contributed by atoms with van der Waals surface area (Å²) in [5, 5.41) is 0. The van der Waals surface area contributed by atoms with Crippen LogP contribution in [0.3, 0.4) is 0 Å². The molecule has 0 radical (unpaired) electrons. The Kier molecular flexibility index (Phi) is 4.99. The summed E-state index contributed by atoms with van der Waals surface area (Å²) in [4.78, 5) is 0. The zero-order chi connectivity index (χ0) is 12.8. The van der Waals surface area contributed by atoms with Crippen LogP contribution in [0, 0.1) is 0 Å². The van der Waals surface area contributed by atoms with Crippen molar-refractivity contribution in [3.63, 3.8) is 0 Å². The Bertz CT molecular complexity index is 470. The number of nitrogens with two attached hydrogens (primary N) is 1. The first-order valence-corrected chi connectivity index (χ1v) is 6.83. The minimum atomic E-state index is 0.0538. The van der Waals surface area contributed by atoms with Crippen molar-refractivity contribution in [2.75, 3.05) is 0 Å². The molecule has 1 aromatic heterocycles. The van der Waals surface area contributed by atoms with E-state index in [0.29, 0.717) is 0 Å². The van der Waals surface area contributed by atoms with Crippen molar-refractivity contribution >= 4 is 15.9 Å². The van der Waals surface area contributed by atoms with Crippen LogP contribution >= 0.6 is 15.9 Å². The molecule has 4 heteroatoms. The lowest BCUT2D eigenvalue weighted by atomic mass is 10.0. The maximum absolute atomic E-state index is 5.58. The second-order valence-electron chi connectivity index (χ2n) is 4.23. The van der Waals surface area contributed by atoms with Crippen LogP contribution in [0.4, 0.5) is 0 Å². The lowest BCUT2D eigenvalue weighted by molar-refractivity contribution is 0.392. The number of hydrogen-bond acceptors (Lipinski definition) is 3. The van der Waals surface area contributed by atoms with Gasteiger partial charge in [0.05, 0.1) is 16.8 Å². The van der Waals surface area contributed by atoms with Gasteiger partial charge in [0.25, 0.3) is 0 Å². The molecule has 0 saturated carbocycles. The van der Waals surface area contributed by atoms with Gasteiger partial charge in [-0.2, -0.15) is 0 Å². The highest BCUT2D eigenvalue weighted by molar-refractivity contribution is 9.10. The molecule has 0 aliphatic carbocycles. The average molecular weight is 309 g/mol. The fourth-order valence-corrected chi connectivity index (χ4v) is 2.48. The molecule has 18 heavy (non-hydrogen) atoms. The number of furan rings is 1. The summed E-state index contributed by atoms with van der Waals surface area (Å²) in [5.41, 5.74) is 4.16. The van der Waals surface area contributed by atoms with Crippen LogP contribution in [0.25, 0.3) is 0 Å². The molecule has 3 nitrogen and oxygen atoms in total. The summed E-state index contributed by atoms with van der Waals surface area (Å²) in [5.74, 6) is 6.45. The van der Waals surface area contributed by atoms with Crippen molar-refractivity contribution < 1.29 is 4.42 Å². The SMILES string of the molecule is NNC(CCCc1ccccc1)c1occc1Br. The fraction of sp³-hybridized carbons (Fsp3) is 0.286. The number of benzene rings is 1. The zero-order valence-electron chi connectivity index (χ0n) is 10.1. The molecular weight excluding hydrogens is 292 g/mol. The Hall–Kier alpha value is -1.10. The van der Waals surface area contributed by atoms with Gasteiger partial charge in [-0.25, -0.2) is 5.43 Å². The maximum atomic E-state index is 5.58. The van der Waals surface area contributed by atoms with E-state index in [1.54, 1.807) is 6.26 Å². The van der Waals surface area contributed by atoms with E-state index in [-0.39, 0.29) is 6.04 Å². The molecule has 0 bridgehead atoms. The minimum absolute atomic E-state index is 0.0538. The van der Waals surface area contributed by atoms with Gasteiger partial charge >= 0.3 is 0 Å².